The smallest absolute Gasteiger partial charge is 0.0801 e. The third-order valence-corrected chi connectivity index (χ3v) is 3.80. The topological polar surface area (TPSA) is 38.9 Å². The van der Waals surface area contributed by atoms with Crippen molar-refractivity contribution in [2.45, 2.75) is 19.9 Å². The van der Waals surface area contributed by atoms with E-state index in [4.69, 9.17) is 17.3 Å². The highest BCUT2D eigenvalue weighted by molar-refractivity contribution is 7.13. The molecule has 100 valence electrons. The molecular weight excluding hydrogens is 311 g/mol. The molecule has 0 bridgehead atoms. The maximum atomic E-state index is 6.20. The standard InChI is InChI=1S/C12H13ClN2S.2ClH/c1-7(14)10-4-3-9(5-11(10)13)12-8(2)15-6-16-12;;/h3-7H,14H2,1-2H3;2*1H. The van der Waals surface area contributed by atoms with Gasteiger partial charge in [-0.15, -0.1) is 36.2 Å². The summed E-state index contributed by atoms with van der Waals surface area (Å²) in [6.45, 7) is 3.93. The fourth-order valence-electron chi connectivity index (χ4n) is 1.62. The Hall–Kier alpha value is -0.320. The third kappa shape index (κ3) is 3.59. The summed E-state index contributed by atoms with van der Waals surface area (Å²) in [5.74, 6) is 0. The Morgan fingerprint density at radius 1 is 1.33 bits per heavy atom. The quantitative estimate of drug-likeness (QED) is 0.874. The van der Waals surface area contributed by atoms with E-state index in [1.54, 1.807) is 11.3 Å². The van der Waals surface area contributed by atoms with E-state index in [-0.39, 0.29) is 30.9 Å². The van der Waals surface area contributed by atoms with E-state index in [9.17, 15) is 0 Å². The lowest BCUT2D eigenvalue weighted by molar-refractivity contribution is 0.819. The summed E-state index contributed by atoms with van der Waals surface area (Å²) in [5, 5.41) is 0.723. The first-order valence-electron chi connectivity index (χ1n) is 5.05. The Labute approximate surface area is 128 Å². The van der Waals surface area contributed by atoms with Gasteiger partial charge in [-0.25, -0.2) is 4.98 Å². The molecule has 0 saturated carbocycles. The molecule has 0 aliphatic heterocycles. The van der Waals surface area contributed by atoms with E-state index in [1.165, 1.54) is 0 Å². The van der Waals surface area contributed by atoms with Gasteiger partial charge in [-0.1, -0.05) is 23.7 Å². The molecule has 0 spiro atoms. The summed E-state index contributed by atoms with van der Waals surface area (Å²) >= 11 is 7.82. The van der Waals surface area contributed by atoms with Crippen LogP contribution in [0.4, 0.5) is 0 Å². The molecule has 2 nitrogen and oxygen atoms in total. The molecule has 6 heteroatoms. The number of aromatic nitrogens is 1. The summed E-state index contributed by atoms with van der Waals surface area (Å²) in [5.41, 5.74) is 10.8. The summed E-state index contributed by atoms with van der Waals surface area (Å²) in [4.78, 5) is 5.40. The van der Waals surface area contributed by atoms with Crippen LogP contribution in [0.3, 0.4) is 0 Å². The monoisotopic (exact) mass is 324 g/mol. The lowest BCUT2D eigenvalue weighted by Crippen LogP contribution is -2.05. The first-order chi connectivity index (χ1) is 7.59. The van der Waals surface area contributed by atoms with Crippen molar-refractivity contribution in [1.82, 2.24) is 4.98 Å². The Balaban J connectivity index is 0.00000144. The van der Waals surface area contributed by atoms with Crippen molar-refractivity contribution in [3.05, 3.63) is 40.0 Å². The van der Waals surface area contributed by atoms with Crippen LogP contribution >= 0.6 is 47.8 Å². The number of hydrogen-bond donors (Lipinski definition) is 1. The van der Waals surface area contributed by atoms with Gasteiger partial charge in [0.05, 0.1) is 16.1 Å². The highest BCUT2D eigenvalue weighted by Crippen LogP contribution is 2.31. The molecule has 1 heterocycles. The van der Waals surface area contributed by atoms with E-state index >= 15 is 0 Å². The van der Waals surface area contributed by atoms with Crippen molar-refractivity contribution in [3.8, 4) is 10.4 Å². The molecule has 1 aromatic heterocycles. The van der Waals surface area contributed by atoms with Crippen LogP contribution < -0.4 is 5.73 Å². The minimum Gasteiger partial charge on any atom is -0.324 e. The number of benzene rings is 1. The maximum absolute atomic E-state index is 6.20. The Morgan fingerprint density at radius 3 is 2.44 bits per heavy atom. The van der Waals surface area contributed by atoms with Crippen LogP contribution in [0.15, 0.2) is 23.7 Å². The Bertz CT molecular complexity index is 512. The van der Waals surface area contributed by atoms with E-state index in [0.717, 1.165) is 26.7 Å². The summed E-state index contributed by atoms with van der Waals surface area (Å²) < 4.78 is 0. The molecule has 1 aromatic carbocycles. The van der Waals surface area contributed by atoms with E-state index < -0.39 is 0 Å². The molecule has 1 atom stereocenters. The average Bonchev–Trinajstić information content (AvgIpc) is 2.63. The first-order valence-corrected chi connectivity index (χ1v) is 6.31. The van der Waals surface area contributed by atoms with Crippen molar-refractivity contribution in [2.75, 3.05) is 0 Å². The summed E-state index contributed by atoms with van der Waals surface area (Å²) in [6, 6.07) is 5.96. The van der Waals surface area contributed by atoms with Gasteiger partial charge >= 0.3 is 0 Å². The zero-order chi connectivity index (χ0) is 11.7. The van der Waals surface area contributed by atoms with Gasteiger partial charge in [0.2, 0.25) is 0 Å². The van der Waals surface area contributed by atoms with Gasteiger partial charge in [-0.05, 0) is 31.0 Å². The van der Waals surface area contributed by atoms with Crippen LogP contribution in [-0.2, 0) is 0 Å². The second kappa shape index (κ2) is 7.31. The Kier molecular flexibility index (Phi) is 7.18. The van der Waals surface area contributed by atoms with Crippen LogP contribution in [0.5, 0.6) is 0 Å². The molecule has 0 saturated heterocycles. The van der Waals surface area contributed by atoms with Crippen molar-refractivity contribution in [3.63, 3.8) is 0 Å². The van der Waals surface area contributed by atoms with E-state index in [0.29, 0.717) is 0 Å². The second-order valence-electron chi connectivity index (χ2n) is 3.79. The zero-order valence-corrected chi connectivity index (χ0v) is 13.2. The largest absolute Gasteiger partial charge is 0.324 e. The number of aryl methyl sites for hydroxylation is 1. The fraction of sp³-hybridized carbons (Fsp3) is 0.250. The lowest BCUT2D eigenvalue weighted by atomic mass is 10.1. The van der Waals surface area contributed by atoms with Gasteiger partial charge in [0.1, 0.15) is 0 Å². The molecule has 1 unspecified atom stereocenters. The molecule has 0 amide bonds. The molecule has 0 radical (unpaired) electrons. The van der Waals surface area contributed by atoms with Crippen LogP contribution in [0.1, 0.15) is 24.2 Å². The number of nitrogens with zero attached hydrogens (tertiary/aromatic N) is 1. The number of hydrogen-bond acceptors (Lipinski definition) is 3. The molecule has 0 fully saturated rings. The number of rotatable bonds is 2. The van der Waals surface area contributed by atoms with Gasteiger partial charge in [0, 0.05) is 11.1 Å². The first kappa shape index (κ1) is 17.7. The van der Waals surface area contributed by atoms with Gasteiger partial charge in [-0.3, -0.25) is 0 Å². The Morgan fingerprint density at radius 2 is 2.00 bits per heavy atom. The minimum absolute atomic E-state index is 0. The van der Waals surface area contributed by atoms with Gasteiger partial charge in [-0.2, -0.15) is 0 Å². The van der Waals surface area contributed by atoms with Crippen molar-refractivity contribution >= 4 is 47.8 Å². The molecule has 2 aromatic rings. The predicted molar refractivity (Wildman–Crippen MR) is 84.4 cm³/mol. The maximum Gasteiger partial charge on any atom is 0.0801 e. The normalized spacial score (nSPS) is 11.3. The minimum atomic E-state index is -0.0379. The molecule has 0 aliphatic rings. The molecule has 2 rings (SSSR count). The SMILES string of the molecule is Cc1ncsc1-c1ccc(C(C)N)c(Cl)c1.Cl.Cl. The fourth-order valence-corrected chi connectivity index (χ4v) is 2.77. The van der Waals surface area contributed by atoms with Gasteiger partial charge < -0.3 is 5.73 Å². The predicted octanol–water partition coefficient (Wildman–Crippen LogP) is 4.64. The number of nitrogens with two attached hydrogens (primary N) is 1. The van der Waals surface area contributed by atoms with Crippen molar-refractivity contribution in [1.29, 1.82) is 0 Å². The average molecular weight is 326 g/mol. The number of thiazole rings is 1. The van der Waals surface area contributed by atoms with Crippen LogP contribution in [-0.4, -0.2) is 4.98 Å². The highest BCUT2D eigenvalue weighted by Gasteiger charge is 2.09. The molecule has 0 aliphatic carbocycles. The third-order valence-electron chi connectivity index (χ3n) is 2.50. The van der Waals surface area contributed by atoms with Gasteiger partial charge in [0.15, 0.2) is 0 Å². The van der Waals surface area contributed by atoms with Gasteiger partial charge in [0.25, 0.3) is 0 Å². The second-order valence-corrected chi connectivity index (χ2v) is 5.05. The molecule has 2 N–H and O–H groups in total. The zero-order valence-electron chi connectivity index (χ0n) is 10.0. The van der Waals surface area contributed by atoms with Crippen LogP contribution in [0.25, 0.3) is 10.4 Å². The summed E-state index contributed by atoms with van der Waals surface area (Å²) in [6.07, 6.45) is 0. The lowest BCUT2D eigenvalue weighted by Gasteiger charge is -2.09. The number of halogens is 3. The van der Waals surface area contributed by atoms with Crippen LogP contribution in [0.2, 0.25) is 5.02 Å². The molecular formula is C12H15Cl3N2S. The van der Waals surface area contributed by atoms with E-state index in [1.807, 2.05) is 37.6 Å². The highest BCUT2D eigenvalue weighted by atomic mass is 35.5. The van der Waals surface area contributed by atoms with E-state index in [2.05, 4.69) is 4.98 Å². The summed E-state index contributed by atoms with van der Waals surface area (Å²) in [7, 11) is 0. The van der Waals surface area contributed by atoms with Crippen LogP contribution in [0, 0.1) is 6.92 Å². The molecule has 18 heavy (non-hydrogen) atoms. The van der Waals surface area contributed by atoms with Crippen molar-refractivity contribution in [2.24, 2.45) is 5.73 Å². The van der Waals surface area contributed by atoms with Crippen molar-refractivity contribution < 1.29 is 0 Å².